The smallest absolute Gasteiger partial charge is 0.387 e. The Labute approximate surface area is 181 Å². The molecule has 2 unspecified atom stereocenters. The van der Waals surface area contributed by atoms with E-state index in [1.54, 1.807) is 0 Å². The molecule has 31 heavy (non-hydrogen) atoms. The van der Waals surface area contributed by atoms with Crippen molar-refractivity contribution in [2.75, 3.05) is 11.9 Å². The number of hydrogen-bond acceptors (Lipinski definition) is 8. The lowest BCUT2D eigenvalue weighted by Gasteiger charge is -2.17. The zero-order valence-electron chi connectivity index (χ0n) is 15.9. The number of rotatable bonds is 7. The van der Waals surface area contributed by atoms with E-state index in [1.807, 2.05) is 35.4 Å². The first-order valence-corrected chi connectivity index (χ1v) is 11.2. The summed E-state index contributed by atoms with van der Waals surface area (Å²) in [7, 11) is -4.52. The monoisotopic (exact) mass is 470 g/mol. The quantitative estimate of drug-likeness (QED) is 0.208. The number of nitrogens with zero attached hydrogens (tertiary/aromatic N) is 4. The standard InChI is InChI=1S/C17H20ClN6O6P/c18-17-22-14(19-6-9-4-2-1-3-5-9)11-15(23-17)24(8-20-11)16-13(26)12(25)10(30-16)7-21-31(27,28)29/h1-5,8,10,12-13,16,25-26H,6-7H2,(H,19,22,23)(H3,21,27,28,29)/t10-,12?,13?,16-/m1/s1. The lowest BCUT2D eigenvalue weighted by atomic mass is 10.1. The van der Waals surface area contributed by atoms with Crippen LogP contribution < -0.4 is 10.4 Å². The van der Waals surface area contributed by atoms with Gasteiger partial charge in [-0.3, -0.25) is 4.57 Å². The maximum atomic E-state index is 11.0. The highest BCUT2D eigenvalue weighted by molar-refractivity contribution is 7.49. The van der Waals surface area contributed by atoms with Crippen molar-refractivity contribution in [3.05, 3.63) is 47.5 Å². The Kier molecular flexibility index (Phi) is 6.24. The van der Waals surface area contributed by atoms with Crippen molar-refractivity contribution in [3.8, 4) is 0 Å². The molecule has 0 aliphatic carbocycles. The van der Waals surface area contributed by atoms with Crippen LogP contribution in [0.4, 0.5) is 5.82 Å². The van der Waals surface area contributed by atoms with Gasteiger partial charge in [0.05, 0.1) is 6.33 Å². The maximum absolute atomic E-state index is 11.0. The van der Waals surface area contributed by atoms with Gasteiger partial charge < -0.3 is 30.1 Å². The van der Waals surface area contributed by atoms with Gasteiger partial charge in [-0.2, -0.15) is 9.97 Å². The first-order valence-electron chi connectivity index (χ1n) is 9.23. The van der Waals surface area contributed by atoms with E-state index in [2.05, 4.69) is 20.3 Å². The van der Waals surface area contributed by atoms with E-state index < -0.39 is 32.3 Å². The van der Waals surface area contributed by atoms with Gasteiger partial charge in [0, 0.05) is 13.1 Å². The molecule has 0 spiro atoms. The van der Waals surface area contributed by atoms with Gasteiger partial charge >= 0.3 is 7.75 Å². The number of hydrogen-bond donors (Lipinski definition) is 6. The van der Waals surface area contributed by atoms with Gasteiger partial charge in [-0.05, 0) is 17.2 Å². The van der Waals surface area contributed by atoms with Crippen LogP contribution in [-0.4, -0.2) is 64.4 Å². The van der Waals surface area contributed by atoms with Crippen LogP contribution in [0, 0.1) is 0 Å². The Morgan fingerprint density at radius 1 is 1.16 bits per heavy atom. The average molecular weight is 471 g/mol. The van der Waals surface area contributed by atoms with Gasteiger partial charge in [-0.15, -0.1) is 0 Å². The van der Waals surface area contributed by atoms with E-state index in [-0.39, 0.29) is 17.5 Å². The van der Waals surface area contributed by atoms with Crippen molar-refractivity contribution in [1.82, 2.24) is 24.6 Å². The van der Waals surface area contributed by atoms with Crippen LogP contribution in [0.25, 0.3) is 11.2 Å². The summed E-state index contributed by atoms with van der Waals surface area (Å²) >= 11 is 6.08. The van der Waals surface area contributed by atoms with E-state index in [1.165, 1.54) is 10.9 Å². The van der Waals surface area contributed by atoms with Crippen LogP contribution in [-0.2, 0) is 15.8 Å². The summed E-state index contributed by atoms with van der Waals surface area (Å²) in [5.74, 6) is 0.380. The molecular formula is C17H20ClN6O6P. The summed E-state index contributed by atoms with van der Waals surface area (Å²) in [6.07, 6.45) is -3.59. The van der Waals surface area contributed by atoms with E-state index >= 15 is 0 Å². The molecule has 0 radical (unpaired) electrons. The predicted octanol–water partition coefficient (Wildman–Crippen LogP) is 0.393. The van der Waals surface area contributed by atoms with E-state index in [9.17, 15) is 14.8 Å². The highest BCUT2D eigenvalue weighted by atomic mass is 35.5. The molecule has 0 bridgehead atoms. The molecule has 4 rings (SSSR count). The van der Waals surface area contributed by atoms with Crippen molar-refractivity contribution in [1.29, 1.82) is 0 Å². The summed E-state index contributed by atoms with van der Waals surface area (Å²) in [5, 5.41) is 25.7. The molecule has 1 fully saturated rings. The van der Waals surface area contributed by atoms with Crippen LogP contribution in [0.1, 0.15) is 11.8 Å². The SMILES string of the molecule is O=P(O)(O)NC[C@H]1O[C@@H](n2cnc3c(NCc4ccccc4)nc(Cl)nc32)C(O)C1O. The van der Waals surface area contributed by atoms with Gasteiger partial charge in [0.15, 0.2) is 23.2 Å². The van der Waals surface area contributed by atoms with Crippen LogP contribution in [0.3, 0.4) is 0 Å². The molecule has 0 saturated carbocycles. The molecular weight excluding hydrogens is 451 g/mol. The van der Waals surface area contributed by atoms with Crippen LogP contribution in [0.15, 0.2) is 36.7 Å². The normalized spacial score (nSPS) is 24.0. The lowest BCUT2D eigenvalue weighted by molar-refractivity contribution is -0.0333. The van der Waals surface area contributed by atoms with E-state index in [0.717, 1.165) is 5.56 Å². The number of aromatic nitrogens is 4. The molecule has 0 amide bonds. The summed E-state index contributed by atoms with van der Waals surface area (Å²) < 4.78 is 18.1. The number of anilines is 1. The number of fused-ring (bicyclic) bond motifs is 1. The van der Waals surface area contributed by atoms with E-state index in [0.29, 0.717) is 17.9 Å². The number of benzene rings is 1. The molecule has 1 aromatic carbocycles. The molecule has 3 heterocycles. The average Bonchev–Trinajstić information content (AvgIpc) is 3.26. The fourth-order valence-corrected chi connectivity index (χ4v) is 3.90. The molecule has 1 saturated heterocycles. The number of aliphatic hydroxyl groups is 2. The largest absolute Gasteiger partial charge is 0.400 e. The second-order valence-electron chi connectivity index (χ2n) is 6.96. The molecule has 14 heteroatoms. The maximum Gasteiger partial charge on any atom is 0.400 e. The summed E-state index contributed by atoms with van der Waals surface area (Å²) in [5.41, 5.74) is 1.65. The van der Waals surface area contributed by atoms with Crippen LogP contribution >= 0.6 is 19.3 Å². The Morgan fingerprint density at radius 3 is 2.61 bits per heavy atom. The minimum Gasteiger partial charge on any atom is -0.387 e. The number of aliphatic hydroxyl groups excluding tert-OH is 2. The topological polar surface area (TPSA) is 175 Å². The summed E-state index contributed by atoms with van der Waals surface area (Å²) in [6.45, 7) is 0.0960. The Bertz CT molecular complexity index is 1110. The molecule has 6 N–H and O–H groups in total. The van der Waals surface area contributed by atoms with Crippen molar-refractivity contribution in [2.45, 2.75) is 31.1 Å². The summed E-state index contributed by atoms with van der Waals surface area (Å²) in [4.78, 5) is 30.6. The number of ether oxygens (including phenoxy) is 1. The molecule has 1 aliphatic rings. The van der Waals surface area contributed by atoms with Gasteiger partial charge in [0.1, 0.15) is 18.3 Å². The molecule has 1 aliphatic heterocycles. The fourth-order valence-electron chi connectivity index (χ4n) is 3.32. The fraction of sp³-hybridized carbons (Fsp3) is 0.353. The highest BCUT2D eigenvalue weighted by Crippen LogP contribution is 2.34. The van der Waals surface area contributed by atoms with Crippen LogP contribution in [0.5, 0.6) is 0 Å². The minimum atomic E-state index is -4.52. The third kappa shape index (κ3) is 4.86. The Balaban J connectivity index is 1.58. The minimum absolute atomic E-state index is 0.0578. The van der Waals surface area contributed by atoms with Crippen molar-refractivity contribution in [3.63, 3.8) is 0 Å². The number of halogens is 1. The van der Waals surface area contributed by atoms with Crippen molar-refractivity contribution >= 4 is 36.3 Å². The molecule has 166 valence electrons. The zero-order valence-corrected chi connectivity index (χ0v) is 17.6. The van der Waals surface area contributed by atoms with E-state index in [4.69, 9.17) is 26.1 Å². The zero-order chi connectivity index (χ0) is 22.2. The molecule has 2 aromatic heterocycles. The first-order chi connectivity index (χ1) is 14.7. The third-order valence-corrected chi connectivity index (χ3v) is 5.57. The van der Waals surface area contributed by atoms with Gasteiger partial charge in [-0.25, -0.2) is 14.6 Å². The number of imidazole rings is 1. The van der Waals surface area contributed by atoms with Gasteiger partial charge in [0.25, 0.3) is 0 Å². The van der Waals surface area contributed by atoms with Crippen LogP contribution in [0.2, 0.25) is 5.28 Å². The Morgan fingerprint density at radius 2 is 1.90 bits per heavy atom. The predicted molar refractivity (Wildman–Crippen MR) is 110 cm³/mol. The highest BCUT2D eigenvalue weighted by Gasteiger charge is 2.44. The third-order valence-electron chi connectivity index (χ3n) is 4.81. The number of nitrogens with one attached hydrogen (secondary N) is 2. The second kappa shape index (κ2) is 8.77. The lowest BCUT2D eigenvalue weighted by Crippen LogP contribution is -2.36. The molecule has 4 atom stereocenters. The Hall–Kier alpha value is -2.15. The molecule has 3 aromatic rings. The van der Waals surface area contributed by atoms with Crippen molar-refractivity contribution < 1.29 is 29.3 Å². The first kappa shape index (κ1) is 22.1. The summed E-state index contributed by atoms with van der Waals surface area (Å²) in [6, 6.07) is 9.63. The molecule has 12 nitrogen and oxygen atoms in total. The van der Waals surface area contributed by atoms with Gasteiger partial charge in [-0.1, -0.05) is 30.3 Å². The van der Waals surface area contributed by atoms with Gasteiger partial charge in [0.2, 0.25) is 5.28 Å². The second-order valence-corrected chi connectivity index (χ2v) is 8.70. The van der Waals surface area contributed by atoms with Crippen molar-refractivity contribution in [2.24, 2.45) is 0 Å².